The summed E-state index contributed by atoms with van der Waals surface area (Å²) in [6.45, 7) is 1.69. The highest BCUT2D eigenvalue weighted by Gasteiger charge is 2.28. The number of hydrogen-bond acceptors (Lipinski definition) is 3. The van der Waals surface area contributed by atoms with Crippen LogP contribution >= 0.6 is 11.6 Å². The predicted molar refractivity (Wildman–Crippen MR) is 104 cm³/mol. The van der Waals surface area contributed by atoms with E-state index in [1.807, 2.05) is 0 Å². The van der Waals surface area contributed by atoms with Crippen LogP contribution in [0, 0.1) is 5.92 Å². The van der Waals surface area contributed by atoms with Gasteiger partial charge in [-0.1, -0.05) is 24.4 Å². The molecule has 0 saturated carbocycles. The van der Waals surface area contributed by atoms with Crippen LogP contribution in [0.25, 0.3) is 0 Å². The highest BCUT2D eigenvalue weighted by atomic mass is 35.5. The van der Waals surface area contributed by atoms with Gasteiger partial charge < -0.3 is 15.3 Å². The van der Waals surface area contributed by atoms with Crippen molar-refractivity contribution in [3.05, 3.63) is 34.9 Å². The highest BCUT2D eigenvalue weighted by molar-refractivity contribution is 6.30. The molecule has 1 aliphatic heterocycles. The number of aliphatic carboxylic acids is 1. The van der Waals surface area contributed by atoms with Crippen LogP contribution in [0.3, 0.4) is 0 Å². The Labute approximate surface area is 164 Å². The van der Waals surface area contributed by atoms with Crippen molar-refractivity contribution in [3.63, 3.8) is 0 Å². The number of likely N-dealkylation sites (tertiary alicyclic amines) is 1. The van der Waals surface area contributed by atoms with Gasteiger partial charge in [0.2, 0.25) is 5.91 Å². The molecule has 0 aromatic heterocycles. The van der Waals surface area contributed by atoms with E-state index >= 15 is 0 Å². The number of amides is 2. The van der Waals surface area contributed by atoms with E-state index in [9.17, 15) is 14.4 Å². The van der Waals surface area contributed by atoms with Crippen molar-refractivity contribution in [1.82, 2.24) is 10.2 Å². The number of nitrogens with one attached hydrogen (secondary N) is 1. The monoisotopic (exact) mass is 394 g/mol. The van der Waals surface area contributed by atoms with Crippen molar-refractivity contribution >= 4 is 29.4 Å². The van der Waals surface area contributed by atoms with Gasteiger partial charge in [-0.25, -0.2) is 0 Å². The van der Waals surface area contributed by atoms with Gasteiger partial charge in [-0.3, -0.25) is 14.4 Å². The Morgan fingerprint density at radius 3 is 2.52 bits per heavy atom. The molecule has 1 aromatic carbocycles. The summed E-state index contributed by atoms with van der Waals surface area (Å²) in [5.41, 5.74) is 0.585. The fourth-order valence-corrected chi connectivity index (χ4v) is 3.39. The maximum absolute atomic E-state index is 12.6. The molecule has 0 spiro atoms. The molecule has 1 saturated heterocycles. The lowest BCUT2D eigenvalue weighted by atomic mass is 9.96. The van der Waals surface area contributed by atoms with Crippen LogP contribution in [0.4, 0.5) is 0 Å². The number of nitrogens with zero attached hydrogens (tertiary/aromatic N) is 1. The van der Waals surface area contributed by atoms with E-state index in [-0.39, 0.29) is 24.2 Å². The van der Waals surface area contributed by atoms with Gasteiger partial charge in [0.25, 0.3) is 5.91 Å². The molecule has 1 fully saturated rings. The third-order valence-electron chi connectivity index (χ3n) is 4.79. The maximum Gasteiger partial charge on any atom is 0.303 e. The van der Waals surface area contributed by atoms with E-state index in [0.29, 0.717) is 36.6 Å². The van der Waals surface area contributed by atoms with Gasteiger partial charge in [0.1, 0.15) is 0 Å². The number of carbonyl (C=O) groups is 3. The van der Waals surface area contributed by atoms with E-state index < -0.39 is 5.97 Å². The minimum atomic E-state index is -0.765. The summed E-state index contributed by atoms with van der Waals surface area (Å²) >= 11 is 5.87. The number of carboxylic acid groups (broad SMARTS) is 1. The summed E-state index contributed by atoms with van der Waals surface area (Å²) < 4.78 is 0. The lowest BCUT2D eigenvalue weighted by molar-refractivity contribution is -0.137. The van der Waals surface area contributed by atoms with Gasteiger partial charge in [0.15, 0.2) is 0 Å². The topological polar surface area (TPSA) is 86.7 Å². The van der Waals surface area contributed by atoms with E-state index in [2.05, 4.69) is 5.32 Å². The molecule has 1 aliphatic rings. The van der Waals surface area contributed by atoms with Gasteiger partial charge in [0, 0.05) is 36.6 Å². The summed E-state index contributed by atoms with van der Waals surface area (Å²) in [6.07, 6.45) is 5.07. The number of benzene rings is 1. The Balaban J connectivity index is 1.71. The second kappa shape index (κ2) is 10.9. The van der Waals surface area contributed by atoms with Crippen LogP contribution < -0.4 is 5.32 Å². The molecule has 27 heavy (non-hydrogen) atoms. The molecule has 148 valence electrons. The molecule has 0 radical (unpaired) electrons. The summed E-state index contributed by atoms with van der Waals surface area (Å²) in [5, 5.41) is 12.1. The van der Waals surface area contributed by atoms with Gasteiger partial charge in [-0.05, 0) is 49.9 Å². The van der Waals surface area contributed by atoms with Gasteiger partial charge in [0.05, 0.1) is 5.92 Å². The Kier molecular flexibility index (Phi) is 8.58. The first kappa shape index (κ1) is 21.2. The number of piperidine rings is 1. The molecule has 2 amide bonds. The second-order valence-electron chi connectivity index (χ2n) is 6.95. The maximum atomic E-state index is 12.6. The molecule has 1 unspecified atom stereocenters. The van der Waals surface area contributed by atoms with Crippen LogP contribution in [0.5, 0.6) is 0 Å². The zero-order valence-corrected chi connectivity index (χ0v) is 16.2. The predicted octanol–water partition coefficient (Wildman–Crippen LogP) is 3.34. The standard InChI is InChI=1S/C20H27ClN2O4/c21-17-10-8-15(9-11-17)20(27)23-13-5-6-16(14-23)19(26)22-12-4-2-1-3-7-18(24)25/h8-11,16H,1-7,12-14H2,(H,22,26)(H,24,25). The number of halogens is 1. The van der Waals surface area contributed by atoms with Crippen molar-refractivity contribution in [2.24, 2.45) is 5.92 Å². The summed E-state index contributed by atoms with van der Waals surface area (Å²) in [6, 6.07) is 6.80. The lowest BCUT2D eigenvalue weighted by Crippen LogP contribution is -2.45. The van der Waals surface area contributed by atoms with Crippen LogP contribution in [-0.4, -0.2) is 47.4 Å². The average Bonchev–Trinajstić information content (AvgIpc) is 2.67. The first-order valence-electron chi connectivity index (χ1n) is 9.51. The Morgan fingerprint density at radius 1 is 1.11 bits per heavy atom. The number of carboxylic acids is 1. The zero-order valence-electron chi connectivity index (χ0n) is 15.5. The number of rotatable bonds is 9. The molecule has 6 nitrogen and oxygen atoms in total. The van der Waals surface area contributed by atoms with Crippen LogP contribution in [-0.2, 0) is 9.59 Å². The van der Waals surface area contributed by atoms with Crippen LogP contribution in [0.1, 0.15) is 55.3 Å². The third-order valence-corrected chi connectivity index (χ3v) is 5.04. The zero-order chi connectivity index (χ0) is 19.6. The van der Waals surface area contributed by atoms with E-state index in [1.54, 1.807) is 29.2 Å². The first-order chi connectivity index (χ1) is 13.0. The number of hydrogen-bond donors (Lipinski definition) is 2. The first-order valence-corrected chi connectivity index (χ1v) is 9.89. The molecule has 2 rings (SSSR count). The van der Waals surface area contributed by atoms with Crippen molar-refractivity contribution in [2.45, 2.75) is 44.9 Å². The molecular formula is C20H27ClN2O4. The Hall–Kier alpha value is -2.08. The molecule has 0 bridgehead atoms. The van der Waals surface area contributed by atoms with Gasteiger partial charge in [-0.15, -0.1) is 0 Å². The van der Waals surface area contributed by atoms with Crippen LogP contribution in [0.2, 0.25) is 5.02 Å². The molecule has 1 aromatic rings. The largest absolute Gasteiger partial charge is 0.481 e. The van der Waals surface area contributed by atoms with E-state index in [4.69, 9.17) is 16.7 Å². The number of unbranched alkanes of at least 4 members (excludes halogenated alkanes) is 3. The van der Waals surface area contributed by atoms with Gasteiger partial charge >= 0.3 is 5.97 Å². The molecule has 1 atom stereocenters. The van der Waals surface area contributed by atoms with E-state index in [0.717, 1.165) is 32.1 Å². The molecule has 2 N–H and O–H groups in total. The molecule has 7 heteroatoms. The van der Waals surface area contributed by atoms with Crippen molar-refractivity contribution in [3.8, 4) is 0 Å². The van der Waals surface area contributed by atoms with Gasteiger partial charge in [-0.2, -0.15) is 0 Å². The summed E-state index contributed by atoms with van der Waals surface area (Å²) in [4.78, 5) is 37.2. The quantitative estimate of drug-likeness (QED) is 0.629. The molecule has 0 aliphatic carbocycles. The molecular weight excluding hydrogens is 368 g/mol. The second-order valence-corrected chi connectivity index (χ2v) is 7.38. The summed E-state index contributed by atoms with van der Waals surface area (Å²) in [5.74, 6) is -1.02. The fourth-order valence-electron chi connectivity index (χ4n) is 3.26. The minimum absolute atomic E-state index is 0.00542. The summed E-state index contributed by atoms with van der Waals surface area (Å²) in [7, 11) is 0. The SMILES string of the molecule is O=C(O)CCCCCCNC(=O)C1CCCN(C(=O)c2ccc(Cl)cc2)C1. The molecule has 1 heterocycles. The average molecular weight is 395 g/mol. The normalized spacial score (nSPS) is 16.8. The Morgan fingerprint density at radius 2 is 1.81 bits per heavy atom. The van der Waals surface area contributed by atoms with Crippen molar-refractivity contribution in [2.75, 3.05) is 19.6 Å². The third kappa shape index (κ3) is 7.21. The van der Waals surface area contributed by atoms with E-state index in [1.165, 1.54) is 0 Å². The van der Waals surface area contributed by atoms with Crippen molar-refractivity contribution < 1.29 is 19.5 Å². The fraction of sp³-hybridized carbons (Fsp3) is 0.550. The number of carbonyl (C=O) groups excluding carboxylic acids is 2. The smallest absolute Gasteiger partial charge is 0.303 e. The highest BCUT2D eigenvalue weighted by Crippen LogP contribution is 2.20. The Bertz CT molecular complexity index is 648. The van der Waals surface area contributed by atoms with Crippen LogP contribution in [0.15, 0.2) is 24.3 Å². The minimum Gasteiger partial charge on any atom is -0.481 e. The van der Waals surface area contributed by atoms with Crippen molar-refractivity contribution in [1.29, 1.82) is 0 Å². The lowest BCUT2D eigenvalue weighted by Gasteiger charge is -2.32.